The Balaban J connectivity index is 2.29. The molecular formula is C12H15NO. The lowest BCUT2D eigenvalue weighted by Crippen LogP contribution is -2.29. The van der Waals surface area contributed by atoms with Gasteiger partial charge in [-0.15, -0.1) is 0 Å². The summed E-state index contributed by atoms with van der Waals surface area (Å²) >= 11 is 0. The maximum Gasteiger partial charge on any atom is 0.159 e. The highest BCUT2D eigenvalue weighted by Crippen LogP contribution is 2.31. The summed E-state index contributed by atoms with van der Waals surface area (Å²) in [6.07, 6.45) is 8.37. The molecule has 2 unspecified atom stereocenters. The van der Waals surface area contributed by atoms with E-state index in [2.05, 4.69) is 37.1 Å². The second-order valence-corrected chi connectivity index (χ2v) is 4.02. The number of carbonyl (C=O) groups is 1. The lowest BCUT2D eigenvalue weighted by Gasteiger charge is -2.26. The van der Waals surface area contributed by atoms with Gasteiger partial charge in [-0.1, -0.05) is 24.3 Å². The molecule has 0 N–H and O–H groups in total. The fourth-order valence-corrected chi connectivity index (χ4v) is 2.07. The summed E-state index contributed by atoms with van der Waals surface area (Å²) in [6, 6.07) is 0.346. The Morgan fingerprint density at radius 1 is 1.43 bits per heavy atom. The van der Waals surface area contributed by atoms with E-state index in [9.17, 15) is 4.79 Å². The third-order valence-electron chi connectivity index (χ3n) is 3.09. The molecule has 0 bridgehead atoms. The Morgan fingerprint density at radius 3 is 2.79 bits per heavy atom. The van der Waals surface area contributed by atoms with Crippen molar-refractivity contribution in [2.75, 3.05) is 7.05 Å². The van der Waals surface area contributed by atoms with Gasteiger partial charge in [-0.2, -0.15) is 0 Å². The maximum absolute atomic E-state index is 11.2. The summed E-state index contributed by atoms with van der Waals surface area (Å²) in [5.41, 5.74) is 2.12. The highest BCUT2D eigenvalue weighted by Gasteiger charge is 2.29. The molecule has 74 valence electrons. The number of rotatable bonds is 1. The topological polar surface area (TPSA) is 20.3 Å². The predicted octanol–water partition coefficient (Wildman–Crippen LogP) is 1.91. The zero-order valence-corrected chi connectivity index (χ0v) is 8.82. The van der Waals surface area contributed by atoms with Gasteiger partial charge in [0.05, 0.1) is 6.04 Å². The minimum absolute atomic E-state index is 0.151. The zero-order chi connectivity index (χ0) is 10.3. The Morgan fingerprint density at radius 2 is 2.14 bits per heavy atom. The first-order valence-electron chi connectivity index (χ1n) is 4.92. The standard InChI is InChI=1S/C12H15NO/c1-8-6-11-5-4-10(9(2)14)7-12(11)13(8)3/h4-7,11-12H,1-3H3. The first kappa shape index (κ1) is 9.25. The van der Waals surface area contributed by atoms with Crippen LogP contribution in [0.1, 0.15) is 13.8 Å². The molecule has 1 aliphatic carbocycles. The molecule has 2 nitrogen and oxygen atoms in total. The van der Waals surface area contributed by atoms with Gasteiger partial charge in [0, 0.05) is 24.2 Å². The average Bonchev–Trinajstić information content (AvgIpc) is 2.43. The van der Waals surface area contributed by atoms with E-state index in [-0.39, 0.29) is 5.78 Å². The van der Waals surface area contributed by atoms with Crippen LogP contribution in [0.25, 0.3) is 0 Å². The van der Waals surface area contributed by atoms with Crippen LogP contribution in [-0.4, -0.2) is 23.8 Å². The molecular weight excluding hydrogens is 174 g/mol. The number of nitrogens with zero attached hydrogens (tertiary/aromatic N) is 1. The summed E-state index contributed by atoms with van der Waals surface area (Å²) in [5, 5.41) is 0. The van der Waals surface area contributed by atoms with Crippen LogP contribution in [-0.2, 0) is 4.79 Å². The van der Waals surface area contributed by atoms with Crippen LogP contribution < -0.4 is 0 Å². The molecule has 14 heavy (non-hydrogen) atoms. The highest BCUT2D eigenvalue weighted by atomic mass is 16.1. The fourth-order valence-electron chi connectivity index (χ4n) is 2.07. The monoisotopic (exact) mass is 189 g/mol. The van der Waals surface area contributed by atoms with Gasteiger partial charge in [-0.3, -0.25) is 4.79 Å². The first-order valence-corrected chi connectivity index (χ1v) is 4.92. The number of fused-ring (bicyclic) bond motifs is 1. The third-order valence-corrected chi connectivity index (χ3v) is 3.09. The molecule has 2 rings (SSSR count). The first-order chi connectivity index (χ1) is 6.59. The summed E-state index contributed by atoms with van der Waals surface area (Å²) < 4.78 is 0. The molecule has 0 radical (unpaired) electrons. The Bertz CT molecular complexity index is 363. The summed E-state index contributed by atoms with van der Waals surface area (Å²) in [4.78, 5) is 13.4. The largest absolute Gasteiger partial charge is 0.371 e. The normalized spacial score (nSPS) is 29.8. The van der Waals surface area contributed by atoms with Crippen molar-refractivity contribution in [2.45, 2.75) is 19.9 Å². The van der Waals surface area contributed by atoms with Gasteiger partial charge >= 0.3 is 0 Å². The van der Waals surface area contributed by atoms with Crippen LogP contribution in [0.15, 0.2) is 35.6 Å². The molecule has 0 saturated heterocycles. The van der Waals surface area contributed by atoms with Crippen LogP contribution in [0.2, 0.25) is 0 Å². The molecule has 0 amide bonds. The van der Waals surface area contributed by atoms with E-state index in [1.54, 1.807) is 6.92 Å². The van der Waals surface area contributed by atoms with Crippen LogP contribution in [0, 0.1) is 5.92 Å². The van der Waals surface area contributed by atoms with E-state index < -0.39 is 0 Å². The van der Waals surface area contributed by atoms with Crippen LogP contribution in [0.4, 0.5) is 0 Å². The van der Waals surface area contributed by atoms with E-state index in [0.29, 0.717) is 12.0 Å². The van der Waals surface area contributed by atoms with E-state index >= 15 is 0 Å². The predicted molar refractivity (Wildman–Crippen MR) is 56.7 cm³/mol. The van der Waals surface area contributed by atoms with E-state index in [4.69, 9.17) is 0 Å². The number of Topliss-reactive ketones (excluding diaryl/α,β-unsaturated/α-hetero) is 1. The molecule has 0 aromatic rings. The molecule has 0 spiro atoms. The van der Waals surface area contributed by atoms with Crippen LogP contribution >= 0.6 is 0 Å². The van der Waals surface area contributed by atoms with Crippen molar-refractivity contribution >= 4 is 5.78 Å². The van der Waals surface area contributed by atoms with Crippen molar-refractivity contribution in [1.82, 2.24) is 4.90 Å². The third kappa shape index (κ3) is 1.31. The molecule has 0 aromatic carbocycles. The van der Waals surface area contributed by atoms with Crippen molar-refractivity contribution in [3.05, 3.63) is 35.6 Å². The average molecular weight is 189 g/mol. The second-order valence-electron chi connectivity index (χ2n) is 4.02. The maximum atomic E-state index is 11.2. The zero-order valence-electron chi connectivity index (χ0n) is 8.82. The van der Waals surface area contributed by atoms with Crippen molar-refractivity contribution in [3.8, 4) is 0 Å². The quantitative estimate of drug-likeness (QED) is 0.628. The highest BCUT2D eigenvalue weighted by molar-refractivity contribution is 5.96. The minimum Gasteiger partial charge on any atom is -0.371 e. The number of ketones is 1. The summed E-state index contributed by atoms with van der Waals surface area (Å²) in [7, 11) is 2.07. The van der Waals surface area contributed by atoms with Gasteiger partial charge in [-0.05, 0) is 13.8 Å². The van der Waals surface area contributed by atoms with Gasteiger partial charge in [-0.25, -0.2) is 0 Å². The lowest BCUT2D eigenvalue weighted by atomic mass is 9.92. The van der Waals surface area contributed by atoms with Crippen molar-refractivity contribution in [3.63, 3.8) is 0 Å². The lowest BCUT2D eigenvalue weighted by molar-refractivity contribution is -0.113. The molecule has 1 aliphatic heterocycles. The van der Waals surface area contributed by atoms with Crippen molar-refractivity contribution < 1.29 is 4.79 Å². The van der Waals surface area contributed by atoms with E-state index in [1.165, 1.54) is 5.70 Å². The molecule has 0 saturated carbocycles. The number of hydrogen-bond acceptors (Lipinski definition) is 2. The number of allylic oxidation sites excluding steroid dienone is 3. The van der Waals surface area contributed by atoms with Gasteiger partial charge in [0.15, 0.2) is 5.78 Å². The summed E-state index contributed by atoms with van der Waals surface area (Å²) in [6.45, 7) is 3.72. The van der Waals surface area contributed by atoms with Crippen LogP contribution in [0.5, 0.6) is 0 Å². The Hall–Kier alpha value is -1.31. The minimum atomic E-state index is 0.151. The molecule has 1 heterocycles. The molecule has 2 heteroatoms. The van der Waals surface area contributed by atoms with E-state index in [1.807, 2.05) is 6.08 Å². The Kier molecular flexibility index (Phi) is 2.06. The molecule has 0 fully saturated rings. The Labute approximate surface area is 84.6 Å². The molecule has 2 aliphatic rings. The fraction of sp³-hybridized carbons (Fsp3) is 0.417. The number of carbonyl (C=O) groups excluding carboxylic acids is 1. The van der Waals surface area contributed by atoms with Gasteiger partial charge < -0.3 is 4.90 Å². The van der Waals surface area contributed by atoms with Crippen LogP contribution in [0.3, 0.4) is 0 Å². The molecule has 0 aromatic heterocycles. The molecule has 2 atom stereocenters. The van der Waals surface area contributed by atoms with Gasteiger partial charge in [0.2, 0.25) is 0 Å². The summed E-state index contributed by atoms with van der Waals surface area (Å²) in [5.74, 6) is 0.598. The SMILES string of the molecule is CC(=O)C1=CC2C(C=C1)C=C(C)N2C. The van der Waals surface area contributed by atoms with E-state index in [0.717, 1.165) is 5.57 Å². The smallest absolute Gasteiger partial charge is 0.159 e. The number of likely N-dealkylation sites (N-methyl/N-ethyl adjacent to an activating group) is 1. The van der Waals surface area contributed by atoms with Gasteiger partial charge in [0.25, 0.3) is 0 Å². The number of hydrogen-bond donors (Lipinski definition) is 0. The van der Waals surface area contributed by atoms with Crippen molar-refractivity contribution in [2.24, 2.45) is 5.92 Å². The van der Waals surface area contributed by atoms with Crippen molar-refractivity contribution in [1.29, 1.82) is 0 Å². The second kappa shape index (κ2) is 3.12. The van der Waals surface area contributed by atoms with Gasteiger partial charge in [0.1, 0.15) is 0 Å².